The Morgan fingerprint density at radius 1 is 1.23 bits per heavy atom. The van der Waals surface area contributed by atoms with Crippen LogP contribution in [0.25, 0.3) is 0 Å². The molecule has 1 aliphatic carbocycles. The molecule has 2 aromatic rings. The summed E-state index contributed by atoms with van der Waals surface area (Å²) in [5, 5.41) is 3.65. The molecule has 31 heavy (non-hydrogen) atoms. The Balaban J connectivity index is 1.73. The van der Waals surface area contributed by atoms with Crippen molar-refractivity contribution in [2.24, 2.45) is 0 Å². The fourth-order valence-electron chi connectivity index (χ4n) is 3.72. The summed E-state index contributed by atoms with van der Waals surface area (Å²) >= 11 is 9.79. The largest absolute Gasteiger partial charge is 0.484 e. The summed E-state index contributed by atoms with van der Waals surface area (Å²) in [5.41, 5.74) is 1.81. The minimum Gasteiger partial charge on any atom is -0.484 e. The first kappa shape index (κ1) is 23.6. The Morgan fingerprint density at radius 2 is 1.94 bits per heavy atom. The lowest BCUT2D eigenvalue weighted by Crippen LogP contribution is -2.50. The molecule has 1 unspecified atom stereocenters. The number of nitrogens with one attached hydrogen (secondary N) is 1. The van der Waals surface area contributed by atoms with Gasteiger partial charge in [0.15, 0.2) is 6.61 Å². The van der Waals surface area contributed by atoms with Crippen LogP contribution in [0.2, 0.25) is 5.02 Å². The summed E-state index contributed by atoms with van der Waals surface area (Å²) in [6.07, 6.45) is 4.23. The summed E-state index contributed by atoms with van der Waals surface area (Å²) in [6, 6.07) is 12.5. The number of nitrogens with zero attached hydrogens (tertiary/aromatic N) is 1. The Bertz CT molecular complexity index is 931. The van der Waals surface area contributed by atoms with Crippen molar-refractivity contribution in [3.05, 3.63) is 63.1 Å². The van der Waals surface area contributed by atoms with E-state index in [-0.39, 0.29) is 31.0 Å². The molecule has 1 aliphatic rings. The average Bonchev–Trinajstić information content (AvgIpc) is 3.26. The number of benzene rings is 2. The normalized spacial score (nSPS) is 14.8. The van der Waals surface area contributed by atoms with Gasteiger partial charge in [0.05, 0.1) is 0 Å². The van der Waals surface area contributed by atoms with E-state index in [2.05, 4.69) is 21.2 Å². The smallest absolute Gasteiger partial charge is 0.261 e. The monoisotopic (exact) mass is 506 g/mol. The molecule has 1 saturated carbocycles. The molecule has 5 nitrogen and oxygen atoms in total. The fraction of sp³-hybridized carbons (Fsp3) is 0.417. The molecule has 0 heterocycles. The summed E-state index contributed by atoms with van der Waals surface area (Å²) < 4.78 is 6.71. The molecule has 1 fully saturated rings. The fourth-order valence-corrected chi connectivity index (χ4v) is 4.16. The highest BCUT2D eigenvalue weighted by Gasteiger charge is 2.29. The molecular weight excluding hydrogens is 480 g/mol. The summed E-state index contributed by atoms with van der Waals surface area (Å²) in [5.74, 6) is 0.191. The number of amides is 2. The maximum Gasteiger partial charge on any atom is 0.261 e. The van der Waals surface area contributed by atoms with Crippen molar-refractivity contribution in [1.29, 1.82) is 0 Å². The van der Waals surface area contributed by atoms with E-state index < -0.39 is 6.04 Å². The van der Waals surface area contributed by atoms with Gasteiger partial charge in [-0.3, -0.25) is 9.59 Å². The molecule has 7 heteroatoms. The first-order chi connectivity index (χ1) is 14.8. The van der Waals surface area contributed by atoms with Crippen LogP contribution in [0.15, 0.2) is 46.9 Å². The van der Waals surface area contributed by atoms with Gasteiger partial charge < -0.3 is 15.0 Å². The predicted molar refractivity (Wildman–Crippen MR) is 126 cm³/mol. The van der Waals surface area contributed by atoms with Crippen LogP contribution in [0.5, 0.6) is 5.75 Å². The average molecular weight is 508 g/mol. The van der Waals surface area contributed by atoms with E-state index in [1.54, 1.807) is 19.1 Å². The maximum atomic E-state index is 13.1. The molecule has 0 aromatic heterocycles. The van der Waals surface area contributed by atoms with Crippen LogP contribution in [-0.4, -0.2) is 35.4 Å². The van der Waals surface area contributed by atoms with E-state index in [1.807, 2.05) is 37.3 Å². The van der Waals surface area contributed by atoms with Crippen LogP contribution in [0.1, 0.15) is 43.7 Å². The van der Waals surface area contributed by atoms with E-state index >= 15 is 0 Å². The third kappa shape index (κ3) is 6.47. The topological polar surface area (TPSA) is 58.6 Å². The van der Waals surface area contributed by atoms with Crippen LogP contribution in [0.3, 0.4) is 0 Å². The standard InChI is InChI=1S/C24H28BrClN2O3/c1-16-13-20(11-12-21(16)25)31-15-23(29)28(14-18-7-3-6-10-22(18)26)17(2)24(30)27-19-8-4-5-9-19/h3,6-7,10-13,17,19H,4-5,8-9,14-15H2,1-2H3,(H,27,30). The van der Waals surface area contributed by atoms with Gasteiger partial charge in [0, 0.05) is 22.1 Å². The van der Waals surface area contributed by atoms with Gasteiger partial charge in [0.25, 0.3) is 5.91 Å². The first-order valence-electron chi connectivity index (χ1n) is 10.6. The predicted octanol–water partition coefficient (Wildman–Crippen LogP) is 5.27. The third-order valence-electron chi connectivity index (χ3n) is 5.66. The van der Waals surface area contributed by atoms with Crippen molar-refractivity contribution in [2.45, 2.75) is 58.2 Å². The number of aryl methyl sites for hydroxylation is 1. The third-order valence-corrected chi connectivity index (χ3v) is 6.92. The van der Waals surface area contributed by atoms with Crippen molar-refractivity contribution < 1.29 is 14.3 Å². The zero-order valence-corrected chi connectivity index (χ0v) is 20.2. The second-order valence-corrected chi connectivity index (χ2v) is 9.24. The van der Waals surface area contributed by atoms with Gasteiger partial charge in [-0.05, 0) is 62.1 Å². The molecule has 0 spiro atoms. The second-order valence-electron chi connectivity index (χ2n) is 7.98. The van der Waals surface area contributed by atoms with Gasteiger partial charge in [-0.2, -0.15) is 0 Å². The molecule has 166 valence electrons. The Labute approximate surface area is 197 Å². The summed E-state index contributed by atoms with van der Waals surface area (Å²) in [7, 11) is 0. The Morgan fingerprint density at radius 3 is 2.61 bits per heavy atom. The zero-order chi connectivity index (χ0) is 22.4. The molecule has 1 atom stereocenters. The second kappa shape index (κ2) is 11.0. The summed E-state index contributed by atoms with van der Waals surface area (Å²) in [6.45, 7) is 3.79. The van der Waals surface area contributed by atoms with Gasteiger partial charge in [0.2, 0.25) is 5.91 Å². The molecule has 0 radical (unpaired) electrons. The molecule has 3 rings (SSSR count). The van der Waals surface area contributed by atoms with Crippen molar-refractivity contribution in [2.75, 3.05) is 6.61 Å². The number of rotatable bonds is 8. The Hall–Kier alpha value is -2.05. The highest BCUT2D eigenvalue weighted by Crippen LogP contribution is 2.23. The van der Waals surface area contributed by atoms with Crippen LogP contribution in [0.4, 0.5) is 0 Å². The molecule has 1 N–H and O–H groups in total. The lowest BCUT2D eigenvalue weighted by molar-refractivity contribution is -0.142. The minimum absolute atomic E-state index is 0.146. The molecule has 0 aliphatic heterocycles. The highest BCUT2D eigenvalue weighted by molar-refractivity contribution is 9.10. The maximum absolute atomic E-state index is 13.1. The van der Waals surface area contributed by atoms with Crippen LogP contribution < -0.4 is 10.1 Å². The lowest BCUT2D eigenvalue weighted by Gasteiger charge is -2.30. The number of carbonyl (C=O) groups is 2. The highest BCUT2D eigenvalue weighted by atomic mass is 79.9. The zero-order valence-electron chi connectivity index (χ0n) is 17.9. The molecule has 2 aromatic carbocycles. The molecule has 2 amide bonds. The quantitative estimate of drug-likeness (QED) is 0.530. The van der Waals surface area contributed by atoms with Gasteiger partial charge in [-0.15, -0.1) is 0 Å². The van der Waals surface area contributed by atoms with E-state index in [1.165, 1.54) is 4.90 Å². The number of carbonyl (C=O) groups excluding carboxylic acids is 2. The number of hydrogen-bond donors (Lipinski definition) is 1. The van der Waals surface area contributed by atoms with Gasteiger partial charge in [-0.1, -0.05) is 58.6 Å². The van der Waals surface area contributed by atoms with E-state index in [4.69, 9.17) is 16.3 Å². The lowest BCUT2D eigenvalue weighted by atomic mass is 10.1. The van der Waals surface area contributed by atoms with Crippen molar-refractivity contribution in [3.8, 4) is 5.75 Å². The van der Waals surface area contributed by atoms with Crippen LogP contribution in [-0.2, 0) is 16.1 Å². The van der Waals surface area contributed by atoms with Crippen LogP contribution in [0, 0.1) is 6.92 Å². The van der Waals surface area contributed by atoms with Gasteiger partial charge in [-0.25, -0.2) is 0 Å². The number of hydrogen-bond acceptors (Lipinski definition) is 3. The number of halogens is 2. The SMILES string of the molecule is Cc1cc(OCC(=O)N(Cc2ccccc2Cl)C(C)C(=O)NC2CCCC2)ccc1Br. The van der Waals surface area contributed by atoms with Crippen LogP contribution >= 0.6 is 27.5 Å². The van der Waals surface area contributed by atoms with E-state index in [0.29, 0.717) is 10.8 Å². The molecule has 0 bridgehead atoms. The first-order valence-corrected chi connectivity index (χ1v) is 11.7. The van der Waals surface area contributed by atoms with E-state index in [0.717, 1.165) is 41.3 Å². The minimum atomic E-state index is -0.639. The van der Waals surface area contributed by atoms with E-state index in [9.17, 15) is 9.59 Å². The number of ether oxygens (including phenoxy) is 1. The van der Waals surface area contributed by atoms with Gasteiger partial charge in [0.1, 0.15) is 11.8 Å². The Kier molecular flexibility index (Phi) is 8.38. The van der Waals surface area contributed by atoms with Crippen molar-refractivity contribution in [1.82, 2.24) is 10.2 Å². The van der Waals surface area contributed by atoms with Crippen molar-refractivity contribution in [3.63, 3.8) is 0 Å². The van der Waals surface area contributed by atoms with Crippen molar-refractivity contribution >= 4 is 39.3 Å². The molecule has 0 saturated heterocycles. The molecular formula is C24H28BrClN2O3. The van der Waals surface area contributed by atoms with Gasteiger partial charge >= 0.3 is 0 Å². The summed E-state index contributed by atoms with van der Waals surface area (Å²) in [4.78, 5) is 27.6.